The molecule has 1 rings (SSSR count). The molecule has 0 saturated carbocycles. The number of carbonyl (C=O) groups is 1. The summed E-state index contributed by atoms with van der Waals surface area (Å²) in [7, 11) is 1.79. The van der Waals surface area contributed by atoms with Crippen LogP contribution in [-0.2, 0) is 11.8 Å². The number of hydrogen-bond acceptors (Lipinski definition) is 3. The van der Waals surface area contributed by atoms with Crippen molar-refractivity contribution in [3.05, 3.63) is 18.0 Å². The van der Waals surface area contributed by atoms with Gasteiger partial charge in [0.25, 0.3) is 0 Å². The van der Waals surface area contributed by atoms with Crippen LogP contribution in [-0.4, -0.2) is 22.2 Å². The van der Waals surface area contributed by atoms with E-state index in [9.17, 15) is 4.79 Å². The third-order valence-corrected chi connectivity index (χ3v) is 1.92. The van der Waals surface area contributed by atoms with E-state index in [1.54, 1.807) is 24.1 Å². The Bertz CT molecular complexity index is 308. The highest BCUT2D eigenvalue weighted by molar-refractivity contribution is 5.82. The molecule has 1 amide bonds. The highest BCUT2D eigenvalue weighted by atomic mass is 16.2. The number of aryl methyl sites for hydroxylation is 1. The van der Waals surface area contributed by atoms with Gasteiger partial charge < -0.3 is 11.1 Å². The normalized spacial score (nSPS) is 12.5. The molecule has 0 aliphatic carbocycles. The van der Waals surface area contributed by atoms with Crippen LogP contribution in [0.5, 0.6) is 0 Å². The molecule has 0 bridgehead atoms. The summed E-state index contributed by atoms with van der Waals surface area (Å²) in [6.45, 7) is 2.66. The second-order valence-corrected chi connectivity index (χ2v) is 3.22. The fraction of sp³-hybridized carbons (Fsp3) is 0.556. The third kappa shape index (κ3) is 2.56. The van der Waals surface area contributed by atoms with Gasteiger partial charge in [0.15, 0.2) is 0 Å². The van der Waals surface area contributed by atoms with Crippen molar-refractivity contribution >= 4 is 5.91 Å². The van der Waals surface area contributed by atoms with Crippen LogP contribution in [0.25, 0.3) is 0 Å². The van der Waals surface area contributed by atoms with Gasteiger partial charge >= 0.3 is 0 Å². The summed E-state index contributed by atoms with van der Waals surface area (Å²) in [5.74, 6) is -0.153. The third-order valence-electron chi connectivity index (χ3n) is 1.92. The summed E-state index contributed by atoms with van der Waals surface area (Å²) < 4.78 is 1.63. The lowest BCUT2D eigenvalue weighted by atomic mass is 10.1. The van der Waals surface area contributed by atoms with Crippen LogP contribution in [0.2, 0.25) is 0 Å². The van der Waals surface area contributed by atoms with Gasteiger partial charge in [-0.1, -0.05) is 6.92 Å². The van der Waals surface area contributed by atoms with Crippen molar-refractivity contribution in [1.82, 2.24) is 15.1 Å². The fourth-order valence-corrected chi connectivity index (χ4v) is 1.11. The summed E-state index contributed by atoms with van der Waals surface area (Å²) in [5, 5.41) is 6.70. The van der Waals surface area contributed by atoms with E-state index in [4.69, 9.17) is 5.73 Å². The number of hydrogen-bond donors (Lipinski definition) is 2. The Morgan fingerprint density at radius 1 is 1.79 bits per heavy atom. The van der Waals surface area contributed by atoms with Gasteiger partial charge in [0.05, 0.1) is 6.20 Å². The lowest BCUT2D eigenvalue weighted by Gasteiger charge is -2.09. The van der Waals surface area contributed by atoms with E-state index in [0.717, 1.165) is 12.0 Å². The minimum atomic E-state index is -0.616. The second kappa shape index (κ2) is 4.76. The molecule has 0 aromatic carbocycles. The molecule has 3 N–H and O–H groups in total. The summed E-state index contributed by atoms with van der Waals surface area (Å²) in [5.41, 5.74) is 6.46. The molecule has 0 fully saturated rings. The van der Waals surface area contributed by atoms with Crippen molar-refractivity contribution in [2.24, 2.45) is 12.8 Å². The summed E-state index contributed by atoms with van der Waals surface area (Å²) in [4.78, 5) is 11.4. The van der Waals surface area contributed by atoms with Crippen molar-refractivity contribution in [2.75, 3.05) is 6.54 Å². The predicted octanol–water partition coefficient (Wildman–Crippen LogP) is -0.0539. The molecule has 1 aromatic rings. The first-order chi connectivity index (χ1) is 6.65. The zero-order chi connectivity index (χ0) is 10.6. The molecule has 78 valence electrons. The van der Waals surface area contributed by atoms with E-state index in [2.05, 4.69) is 10.4 Å². The first-order valence-electron chi connectivity index (χ1n) is 4.67. The number of rotatable bonds is 4. The Morgan fingerprint density at radius 3 is 3.00 bits per heavy atom. The largest absolute Gasteiger partial charge is 0.354 e. The van der Waals surface area contributed by atoms with Gasteiger partial charge in [0.2, 0.25) is 5.91 Å². The van der Waals surface area contributed by atoms with E-state index in [1.165, 1.54) is 0 Å². The lowest BCUT2D eigenvalue weighted by molar-refractivity contribution is -0.122. The molecule has 1 heterocycles. The second-order valence-electron chi connectivity index (χ2n) is 3.22. The lowest BCUT2D eigenvalue weighted by Crippen LogP contribution is -2.34. The Balaban J connectivity index is 2.56. The van der Waals surface area contributed by atoms with Crippen LogP contribution >= 0.6 is 0 Å². The van der Waals surface area contributed by atoms with Crippen molar-refractivity contribution in [2.45, 2.75) is 19.4 Å². The number of nitrogens with one attached hydrogen (secondary N) is 1. The van der Waals surface area contributed by atoms with Gasteiger partial charge in [-0.25, -0.2) is 0 Å². The zero-order valence-electron chi connectivity index (χ0n) is 8.53. The van der Waals surface area contributed by atoms with E-state index in [0.29, 0.717) is 6.54 Å². The van der Waals surface area contributed by atoms with Crippen molar-refractivity contribution < 1.29 is 4.79 Å². The van der Waals surface area contributed by atoms with Gasteiger partial charge in [-0.05, 0) is 6.42 Å². The predicted molar refractivity (Wildman–Crippen MR) is 53.4 cm³/mol. The zero-order valence-corrected chi connectivity index (χ0v) is 8.53. The molecule has 1 unspecified atom stereocenters. The number of carbonyl (C=O) groups excluding carboxylic acids is 1. The molecule has 0 aliphatic heterocycles. The molecular formula is C9H16N4O. The maximum absolute atomic E-state index is 11.4. The van der Waals surface area contributed by atoms with Crippen molar-refractivity contribution in [3.8, 4) is 0 Å². The Kier molecular flexibility index (Phi) is 3.64. The number of amides is 1. The van der Waals surface area contributed by atoms with Crippen molar-refractivity contribution in [3.63, 3.8) is 0 Å². The SMILES string of the molecule is CCCNC(=O)C(N)c1cnn(C)c1. The Hall–Kier alpha value is -1.36. The highest BCUT2D eigenvalue weighted by Crippen LogP contribution is 2.07. The van der Waals surface area contributed by atoms with Crippen LogP contribution in [0, 0.1) is 0 Å². The standard InChI is InChI=1S/C9H16N4O/c1-3-4-11-9(14)8(10)7-5-12-13(2)6-7/h5-6,8H,3-4,10H2,1-2H3,(H,11,14). The van der Waals surface area contributed by atoms with E-state index in [1.807, 2.05) is 6.92 Å². The smallest absolute Gasteiger partial charge is 0.241 e. The Labute approximate surface area is 83.3 Å². The molecule has 1 aromatic heterocycles. The topological polar surface area (TPSA) is 72.9 Å². The van der Waals surface area contributed by atoms with Crippen LogP contribution in [0.4, 0.5) is 0 Å². The monoisotopic (exact) mass is 196 g/mol. The number of aromatic nitrogens is 2. The van der Waals surface area contributed by atoms with Gasteiger partial charge in [-0.3, -0.25) is 9.48 Å². The van der Waals surface area contributed by atoms with Gasteiger partial charge in [0, 0.05) is 25.4 Å². The van der Waals surface area contributed by atoms with E-state index in [-0.39, 0.29) is 5.91 Å². The quantitative estimate of drug-likeness (QED) is 0.709. The van der Waals surface area contributed by atoms with Crippen molar-refractivity contribution in [1.29, 1.82) is 0 Å². The molecular weight excluding hydrogens is 180 g/mol. The van der Waals surface area contributed by atoms with Crippen LogP contribution in [0.3, 0.4) is 0 Å². The minimum Gasteiger partial charge on any atom is -0.354 e. The summed E-state index contributed by atoms with van der Waals surface area (Å²) in [6, 6.07) is -0.616. The molecule has 14 heavy (non-hydrogen) atoms. The fourth-order valence-electron chi connectivity index (χ4n) is 1.11. The van der Waals surface area contributed by atoms with Crippen LogP contribution in [0.15, 0.2) is 12.4 Å². The minimum absolute atomic E-state index is 0.153. The molecule has 0 radical (unpaired) electrons. The van der Waals surface area contributed by atoms with E-state index < -0.39 is 6.04 Å². The summed E-state index contributed by atoms with van der Waals surface area (Å²) >= 11 is 0. The van der Waals surface area contributed by atoms with Crippen LogP contribution < -0.4 is 11.1 Å². The molecule has 5 nitrogen and oxygen atoms in total. The first-order valence-corrected chi connectivity index (χ1v) is 4.67. The van der Waals surface area contributed by atoms with E-state index >= 15 is 0 Å². The molecule has 1 atom stereocenters. The molecule has 0 saturated heterocycles. The summed E-state index contributed by atoms with van der Waals surface area (Å²) in [6.07, 6.45) is 4.26. The average Bonchev–Trinajstić information content (AvgIpc) is 2.60. The maximum atomic E-state index is 11.4. The van der Waals surface area contributed by atoms with Gasteiger partial charge in [-0.2, -0.15) is 5.10 Å². The first kappa shape index (κ1) is 10.7. The number of nitrogens with zero attached hydrogens (tertiary/aromatic N) is 2. The van der Waals surface area contributed by atoms with Gasteiger partial charge in [-0.15, -0.1) is 0 Å². The molecule has 5 heteroatoms. The highest BCUT2D eigenvalue weighted by Gasteiger charge is 2.16. The maximum Gasteiger partial charge on any atom is 0.241 e. The van der Waals surface area contributed by atoms with Crippen LogP contribution in [0.1, 0.15) is 24.9 Å². The Morgan fingerprint density at radius 2 is 2.50 bits per heavy atom. The van der Waals surface area contributed by atoms with Gasteiger partial charge in [0.1, 0.15) is 6.04 Å². The molecule has 0 aliphatic rings. The average molecular weight is 196 g/mol. The number of nitrogens with two attached hydrogens (primary N) is 1. The molecule has 0 spiro atoms.